The predicted octanol–water partition coefficient (Wildman–Crippen LogP) is 4.35. The van der Waals surface area contributed by atoms with E-state index in [2.05, 4.69) is 23.2 Å². The molecule has 0 bridgehead atoms. The van der Waals surface area contributed by atoms with Crippen LogP contribution in [0, 0.1) is 0 Å². The number of carbonyl (C=O) groups is 1. The highest BCUT2D eigenvalue weighted by Gasteiger charge is 2.32. The van der Waals surface area contributed by atoms with Gasteiger partial charge < -0.3 is 9.47 Å². The third kappa shape index (κ3) is 3.18. The molecular weight excluding hydrogens is 412 g/mol. The van der Waals surface area contributed by atoms with Crippen molar-refractivity contribution in [2.45, 2.75) is 32.1 Å². The minimum atomic E-state index is 0.0234. The Morgan fingerprint density at radius 3 is 2.68 bits per heavy atom. The molecule has 0 N–H and O–H groups in total. The van der Waals surface area contributed by atoms with Crippen LogP contribution in [0.25, 0.3) is 16.8 Å². The third-order valence-electron chi connectivity index (χ3n) is 5.80. The normalized spacial score (nSPS) is 15.8. The van der Waals surface area contributed by atoms with E-state index in [1.54, 1.807) is 25.6 Å². The van der Waals surface area contributed by atoms with Crippen molar-refractivity contribution in [2.75, 3.05) is 14.2 Å². The molecule has 1 atom stereocenters. The van der Waals surface area contributed by atoms with Crippen LogP contribution in [0.4, 0.5) is 0 Å². The average Bonchev–Trinajstić information content (AvgIpc) is 3.46. The highest BCUT2D eigenvalue weighted by Crippen LogP contribution is 2.38. The molecule has 0 spiro atoms. The number of ketones is 1. The zero-order valence-corrected chi connectivity index (χ0v) is 18.4. The maximum Gasteiger partial charge on any atom is 0.185 e. The molecule has 158 valence electrons. The molecular formula is C23H22N4O3S. The number of hydrogen-bond donors (Lipinski definition) is 0. The summed E-state index contributed by atoms with van der Waals surface area (Å²) in [4.78, 5) is 14.1. The topological polar surface area (TPSA) is 78.6 Å². The first kappa shape index (κ1) is 19.7. The molecule has 0 fully saturated rings. The summed E-state index contributed by atoms with van der Waals surface area (Å²) in [6, 6.07) is 9.89. The maximum atomic E-state index is 12.9. The lowest BCUT2D eigenvalue weighted by Crippen LogP contribution is -2.23. The molecule has 0 amide bonds. The first-order chi connectivity index (χ1) is 15.1. The number of Topliss-reactive ketones (excluding diaryl/α,β-unsaturated/α-hetero) is 1. The minimum Gasteiger partial charge on any atom is -0.493 e. The highest BCUT2D eigenvalue weighted by atomic mass is 32.1. The van der Waals surface area contributed by atoms with E-state index in [1.807, 2.05) is 34.2 Å². The van der Waals surface area contributed by atoms with Crippen molar-refractivity contribution in [2.24, 2.45) is 0 Å². The Balaban J connectivity index is 1.69. The van der Waals surface area contributed by atoms with E-state index >= 15 is 0 Å². The number of nitrogens with zero attached hydrogens (tertiary/aromatic N) is 4. The molecule has 0 saturated heterocycles. The van der Waals surface area contributed by atoms with Crippen molar-refractivity contribution in [1.82, 2.24) is 19.8 Å². The molecule has 1 aliphatic rings. The number of carbonyl (C=O) groups excluding carboxylic acids is 1. The van der Waals surface area contributed by atoms with Crippen LogP contribution in [0.15, 0.2) is 35.7 Å². The Morgan fingerprint density at radius 2 is 1.97 bits per heavy atom. The van der Waals surface area contributed by atoms with E-state index in [0.29, 0.717) is 35.7 Å². The molecule has 3 aromatic heterocycles. The summed E-state index contributed by atoms with van der Waals surface area (Å²) in [7, 11) is 3.23. The van der Waals surface area contributed by atoms with Gasteiger partial charge in [-0.15, -0.1) is 21.5 Å². The second-order valence-electron chi connectivity index (χ2n) is 7.52. The van der Waals surface area contributed by atoms with Crippen molar-refractivity contribution in [3.05, 3.63) is 57.7 Å². The standard InChI is InChI=1S/C23H22N4O3S/c1-4-15-21(13-7-8-18(29-2)19(12-13)30-3)23-25-24-22-16(27(23)26-15)10-14(11-17(22)28)20-6-5-9-31-20/h5-9,12,14H,4,10-11H2,1-3H3/t14-/m1/s1. The maximum absolute atomic E-state index is 12.9. The van der Waals surface area contributed by atoms with Gasteiger partial charge in [0.05, 0.1) is 31.2 Å². The van der Waals surface area contributed by atoms with Crippen LogP contribution < -0.4 is 9.47 Å². The number of fused-ring (bicyclic) bond motifs is 3. The molecule has 7 nitrogen and oxygen atoms in total. The van der Waals surface area contributed by atoms with Crippen molar-refractivity contribution < 1.29 is 14.3 Å². The van der Waals surface area contributed by atoms with Gasteiger partial charge in [-0.3, -0.25) is 4.79 Å². The third-order valence-corrected chi connectivity index (χ3v) is 6.83. The van der Waals surface area contributed by atoms with Crippen molar-refractivity contribution in [3.8, 4) is 22.6 Å². The molecule has 4 aromatic rings. The van der Waals surface area contributed by atoms with Gasteiger partial charge in [-0.1, -0.05) is 19.1 Å². The lowest BCUT2D eigenvalue weighted by Gasteiger charge is -2.21. The molecule has 0 unspecified atom stereocenters. The SMILES string of the molecule is CCc1nn2c3c(nnc2c1-c1ccc(OC)c(OC)c1)C(=O)C[C@H](c1cccs1)C3. The van der Waals surface area contributed by atoms with Crippen LogP contribution in [0.2, 0.25) is 0 Å². The van der Waals surface area contributed by atoms with Gasteiger partial charge in [-0.25, -0.2) is 4.52 Å². The molecule has 0 radical (unpaired) electrons. The van der Waals surface area contributed by atoms with Gasteiger partial charge in [0, 0.05) is 23.6 Å². The van der Waals surface area contributed by atoms with Crippen LogP contribution in [0.3, 0.4) is 0 Å². The lowest BCUT2D eigenvalue weighted by atomic mass is 9.87. The molecule has 1 aromatic carbocycles. The number of thiophene rings is 1. The first-order valence-corrected chi connectivity index (χ1v) is 11.1. The second-order valence-corrected chi connectivity index (χ2v) is 8.50. The zero-order chi connectivity index (χ0) is 21.5. The number of methoxy groups -OCH3 is 2. The van der Waals surface area contributed by atoms with Gasteiger partial charge in [-0.2, -0.15) is 5.10 Å². The fraction of sp³-hybridized carbons (Fsp3) is 0.304. The number of hydrogen-bond acceptors (Lipinski definition) is 7. The van der Waals surface area contributed by atoms with Crippen LogP contribution in [-0.2, 0) is 12.8 Å². The van der Waals surface area contributed by atoms with E-state index in [1.165, 1.54) is 4.88 Å². The van der Waals surface area contributed by atoms with Crippen LogP contribution >= 0.6 is 11.3 Å². The Labute approximate surface area is 183 Å². The molecule has 0 saturated carbocycles. The fourth-order valence-corrected chi connectivity index (χ4v) is 5.11. The molecule has 0 aliphatic heterocycles. The zero-order valence-electron chi connectivity index (χ0n) is 17.6. The van der Waals surface area contributed by atoms with Crippen molar-refractivity contribution in [1.29, 1.82) is 0 Å². The minimum absolute atomic E-state index is 0.0234. The summed E-state index contributed by atoms with van der Waals surface area (Å²) >= 11 is 1.69. The summed E-state index contributed by atoms with van der Waals surface area (Å²) in [5.74, 6) is 1.47. The predicted molar refractivity (Wildman–Crippen MR) is 118 cm³/mol. The van der Waals surface area contributed by atoms with Gasteiger partial charge >= 0.3 is 0 Å². The van der Waals surface area contributed by atoms with Gasteiger partial charge in [-0.05, 0) is 35.6 Å². The van der Waals surface area contributed by atoms with Crippen molar-refractivity contribution in [3.63, 3.8) is 0 Å². The molecule has 3 heterocycles. The number of ether oxygens (including phenoxy) is 2. The summed E-state index contributed by atoms with van der Waals surface area (Å²) in [6.45, 7) is 2.06. The Hall–Kier alpha value is -3.26. The average molecular weight is 435 g/mol. The Bertz CT molecular complexity index is 1280. The van der Waals surface area contributed by atoms with E-state index in [4.69, 9.17) is 14.6 Å². The molecule has 5 rings (SSSR count). The fourth-order valence-electron chi connectivity index (χ4n) is 4.27. The van der Waals surface area contributed by atoms with E-state index in [-0.39, 0.29) is 11.7 Å². The van der Waals surface area contributed by atoms with Crippen molar-refractivity contribution >= 4 is 22.8 Å². The summed E-state index contributed by atoms with van der Waals surface area (Å²) in [5, 5.41) is 15.7. The van der Waals surface area contributed by atoms with E-state index in [0.717, 1.165) is 28.9 Å². The van der Waals surface area contributed by atoms with Gasteiger partial charge in [0.1, 0.15) is 0 Å². The van der Waals surface area contributed by atoms with E-state index in [9.17, 15) is 4.79 Å². The van der Waals surface area contributed by atoms with Crippen LogP contribution in [0.5, 0.6) is 11.5 Å². The molecule has 1 aliphatic carbocycles. The smallest absolute Gasteiger partial charge is 0.185 e. The highest BCUT2D eigenvalue weighted by molar-refractivity contribution is 7.10. The monoisotopic (exact) mass is 434 g/mol. The molecule has 31 heavy (non-hydrogen) atoms. The van der Waals surface area contributed by atoms with Gasteiger partial charge in [0.15, 0.2) is 28.6 Å². The summed E-state index contributed by atoms with van der Waals surface area (Å²) in [6.07, 6.45) is 1.89. The number of aryl methyl sites for hydroxylation is 1. The van der Waals surface area contributed by atoms with Crippen LogP contribution in [0.1, 0.15) is 46.0 Å². The second kappa shape index (κ2) is 7.77. The van der Waals surface area contributed by atoms with Gasteiger partial charge in [0.25, 0.3) is 0 Å². The lowest BCUT2D eigenvalue weighted by molar-refractivity contribution is 0.0956. The number of benzene rings is 1. The number of aromatic nitrogens is 4. The summed E-state index contributed by atoms with van der Waals surface area (Å²) < 4.78 is 12.7. The Kier molecular flexibility index (Phi) is 4.94. The number of rotatable bonds is 5. The molecule has 8 heteroatoms. The quantitative estimate of drug-likeness (QED) is 0.465. The largest absolute Gasteiger partial charge is 0.493 e. The van der Waals surface area contributed by atoms with Crippen LogP contribution in [-0.4, -0.2) is 39.8 Å². The summed E-state index contributed by atoms with van der Waals surface area (Å²) in [5.41, 5.74) is 4.66. The Morgan fingerprint density at radius 1 is 1.13 bits per heavy atom. The van der Waals surface area contributed by atoms with E-state index < -0.39 is 0 Å². The van der Waals surface area contributed by atoms with Gasteiger partial charge in [0.2, 0.25) is 0 Å². The first-order valence-electron chi connectivity index (χ1n) is 10.2.